The maximum absolute atomic E-state index is 13.0. The first kappa shape index (κ1) is 18.1. The van der Waals surface area contributed by atoms with Crippen molar-refractivity contribution < 1.29 is 17.9 Å². The van der Waals surface area contributed by atoms with Crippen molar-refractivity contribution in [3.63, 3.8) is 0 Å². The summed E-state index contributed by atoms with van der Waals surface area (Å²) < 4.78 is 45.2. The molecule has 0 aromatic carbocycles. The summed E-state index contributed by atoms with van der Waals surface area (Å²) >= 11 is 1.65. The summed E-state index contributed by atoms with van der Waals surface area (Å²) in [6, 6.07) is 7.21. The van der Waals surface area contributed by atoms with Gasteiger partial charge in [-0.2, -0.15) is 17.7 Å². The van der Waals surface area contributed by atoms with Crippen LogP contribution in [0.2, 0.25) is 0 Å². The zero-order valence-electron chi connectivity index (χ0n) is 14.2. The number of nitrogens with zero attached hydrogens (tertiary/aromatic N) is 5. The Hall–Kier alpha value is -2.24. The SMILES string of the molecule is FC(F)(F)c1nnc2ccc(NCC(c3cccs3)N3CCOCC3)nn12. The molecule has 0 amide bonds. The Kier molecular flexibility index (Phi) is 4.98. The van der Waals surface area contributed by atoms with Crippen molar-refractivity contribution in [2.75, 3.05) is 38.2 Å². The van der Waals surface area contributed by atoms with Crippen molar-refractivity contribution in [3.05, 3.63) is 40.3 Å². The van der Waals surface area contributed by atoms with Crippen molar-refractivity contribution in [1.82, 2.24) is 24.7 Å². The Labute approximate surface area is 156 Å². The number of halogens is 3. The van der Waals surface area contributed by atoms with Gasteiger partial charge in [0.25, 0.3) is 5.82 Å². The number of nitrogens with one attached hydrogen (secondary N) is 1. The molecule has 0 spiro atoms. The molecule has 1 atom stereocenters. The van der Waals surface area contributed by atoms with Crippen LogP contribution in [0.25, 0.3) is 5.65 Å². The Morgan fingerprint density at radius 1 is 1.19 bits per heavy atom. The topological polar surface area (TPSA) is 67.6 Å². The number of anilines is 1. The van der Waals surface area contributed by atoms with E-state index in [0.717, 1.165) is 17.6 Å². The van der Waals surface area contributed by atoms with Gasteiger partial charge >= 0.3 is 6.18 Å². The van der Waals surface area contributed by atoms with Crippen LogP contribution in [0, 0.1) is 0 Å². The molecule has 144 valence electrons. The van der Waals surface area contributed by atoms with Gasteiger partial charge in [0.1, 0.15) is 5.82 Å². The minimum absolute atomic E-state index is 0.0517. The Morgan fingerprint density at radius 3 is 2.70 bits per heavy atom. The van der Waals surface area contributed by atoms with Crippen molar-refractivity contribution in [2.24, 2.45) is 0 Å². The molecule has 0 aliphatic carbocycles. The minimum Gasteiger partial charge on any atom is -0.379 e. The smallest absolute Gasteiger partial charge is 0.379 e. The van der Waals surface area contributed by atoms with Gasteiger partial charge in [-0.05, 0) is 23.6 Å². The minimum atomic E-state index is -4.61. The van der Waals surface area contributed by atoms with E-state index >= 15 is 0 Å². The van der Waals surface area contributed by atoms with Gasteiger partial charge in [0, 0.05) is 24.5 Å². The standard InChI is InChI=1S/C16H17F3N6OS/c17-16(18,19)15-22-21-14-4-3-13(23-25(14)15)20-10-11(12-2-1-9-27-12)24-5-7-26-8-6-24/h1-4,9,11H,5-8,10H2,(H,20,23). The van der Waals surface area contributed by atoms with E-state index in [9.17, 15) is 13.2 Å². The summed E-state index contributed by atoms with van der Waals surface area (Å²) in [5.41, 5.74) is 0.0517. The first-order valence-corrected chi connectivity index (χ1v) is 9.29. The second-order valence-corrected chi connectivity index (χ2v) is 7.05. The van der Waals surface area contributed by atoms with Crippen LogP contribution in [0.1, 0.15) is 16.7 Å². The number of ether oxygens (including phenoxy) is 1. The van der Waals surface area contributed by atoms with Crippen LogP contribution >= 0.6 is 11.3 Å². The van der Waals surface area contributed by atoms with E-state index in [1.807, 2.05) is 11.4 Å². The van der Waals surface area contributed by atoms with Crippen LogP contribution in [0.15, 0.2) is 29.6 Å². The first-order chi connectivity index (χ1) is 13.0. The Morgan fingerprint density at radius 2 is 2.00 bits per heavy atom. The van der Waals surface area contributed by atoms with Gasteiger partial charge in [-0.1, -0.05) is 6.07 Å². The van der Waals surface area contributed by atoms with Gasteiger partial charge in [0.15, 0.2) is 5.65 Å². The molecule has 1 saturated heterocycles. The fraction of sp³-hybridized carbons (Fsp3) is 0.438. The highest BCUT2D eigenvalue weighted by Crippen LogP contribution is 2.28. The predicted molar refractivity (Wildman–Crippen MR) is 93.7 cm³/mol. The number of morpholine rings is 1. The molecule has 1 aliphatic rings. The van der Waals surface area contributed by atoms with Crippen LogP contribution in [-0.4, -0.2) is 57.6 Å². The second kappa shape index (κ2) is 7.41. The van der Waals surface area contributed by atoms with Crippen molar-refractivity contribution in [1.29, 1.82) is 0 Å². The molecule has 3 aromatic rings. The highest BCUT2D eigenvalue weighted by atomic mass is 32.1. The van der Waals surface area contributed by atoms with Crippen molar-refractivity contribution >= 4 is 22.8 Å². The molecule has 1 aliphatic heterocycles. The fourth-order valence-corrected chi connectivity index (χ4v) is 3.90. The van der Waals surface area contributed by atoms with Gasteiger partial charge in [0.05, 0.1) is 19.3 Å². The predicted octanol–water partition coefficient (Wildman–Crippen LogP) is 2.69. The van der Waals surface area contributed by atoms with Crippen LogP contribution < -0.4 is 5.32 Å². The summed E-state index contributed by atoms with van der Waals surface area (Å²) in [5.74, 6) is -0.799. The molecule has 3 aromatic heterocycles. The Bertz CT molecular complexity index is 891. The molecule has 0 saturated carbocycles. The third-order valence-electron chi connectivity index (χ3n) is 4.35. The molecule has 0 bridgehead atoms. The van der Waals surface area contributed by atoms with Gasteiger partial charge < -0.3 is 10.1 Å². The highest BCUT2D eigenvalue weighted by molar-refractivity contribution is 7.10. The molecule has 1 N–H and O–H groups in total. The van der Waals surface area contributed by atoms with Crippen LogP contribution in [0.5, 0.6) is 0 Å². The van der Waals surface area contributed by atoms with Gasteiger partial charge in [0.2, 0.25) is 0 Å². The van der Waals surface area contributed by atoms with Crippen LogP contribution in [-0.2, 0) is 10.9 Å². The number of aromatic nitrogens is 4. The summed E-state index contributed by atoms with van der Waals surface area (Å²) in [4.78, 5) is 3.49. The largest absolute Gasteiger partial charge is 0.453 e. The number of rotatable bonds is 5. The van der Waals surface area contributed by atoms with Crippen LogP contribution in [0.4, 0.5) is 19.0 Å². The quantitative estimate of drug-likeness (QED) is 0.713. The summed E-state index contributed by atoms with van der Waals surface area (Å²) in [5, 5.41) is 15.9. The zero-order valence-corrected chi connectivity index (χ0v) is 15.0. The molecule has 27 heavy (non-hydrogen) atoms. The summed E-state index contributed by atoms with van der Waals surface area (Å²) in [6.45, 7) is 3.46. The number of alkyl halides is 3. The number of thiophene rings is 1. The molecular weight excluding hydrogens is 381 g/mol. The van der Waals surface area contributed by atoms with Gasteiger partial charge in [-0.3, -0.25) is 4.90 Å². The molecule has 7 nitrogen and oxygen atoms in total. The molecule has 1 unspecified atom stereocenters. The van der Waals surface area contributed by atoms with Crippen molar-refractivity contribution in [2.45, 2.75) is 12.2 Å². The lowest BCUT2D eigenvalue weighted by atomic mass is 10.2. The molecular formula is C16H17F3N6OS. The van der Waals surface area contributed by atoms with Crippen LogP contribution in [0.3, 0.4) is 0 Å². The maximum atomic E-state index is 13.0. The van der Waals surface area contributed by atoms with E-state index in [2.05, 4.69) is 31.6 Å². The number of hydrogen-bond acceptors (Lipinski definition) is 7. The van der Waals surface area contributed by atoms with Gasteiger partial charge in [-0.15, -0.1) is 26.6 Å². The zero-order chi connectivity index (χ0) is 18.9. The Balaban J connectivity index is 1.55. The highest BCUT2D eigenvalue weighted by Gasteiger charge is 2.37. The molecule has 4 heterocycles. The molecule has 11 heteroatoms. The third-order valence-corrected chi connectivity index (χ3v) is 5.32. The lowest BCUT2D eigenvalue weighted by Crippen LogP contribution is -2.41. The lowest BCUT2D eigenvalue weighted by molar-refractivity contribution is -0.146. The average molecular weight is 398 g/mol. The third kappa shape index (κ3) is 3.89. The average Bonchev–Trinajstić information content (AvgIpc) is 3.32. The van der Waals surface area contributed by atoms with E-state index < -0.39 is 12.0 Å². The van der Waals surface area contributed by atoms with E-state index in [1.54, 1.807) is 17.4 Å². The van der Waals surface area contributed by atoms with E-state index in [4.69, 9.17) is 4.74 Å². The lowest BCUT2D eigenvalue weighted by Gasteiger charge is -2.34. The van der Waals surface area contributed by atoms with E-state index in [1.165, 1.54) is 10.9 Å². The fourth-order valence-electron chi connectivity index (χ4n) is 3.04. The van der Waals surface area contributed by atoms with E-state index in [-0.39, 0.29) is 11.7 Å². The summed E-state index contributed by atoms with van der Waals surface area (Å²) in [7, 11) is 0. The molecule has 4 rings (SSSR count). The van der Waals surface area contributed by atoms with Gasteiger partial charge in [-0.25, -0.2) is 0 Å². The van der Waals surface area contributed by atoms with E-state index in [0.29, 0.717) is 25.6 Å². The number of hydrogen-bond donors (Lipinski definition) is 1. The number of fused-ring (bicyclic) bond motifs is 1. The second-order valence-electron chi connectivity index (χ2n) is 6.07. The maximum Gasteiger partial charge on any atom is 0.453 e. The van der Waals surface area contributed by atoms with Crippen molar-refractivity contribution in [3.8, 4) is 0 Å². The summed E-state index contributed by atoms with van der Waals surface area (Å²) in [6.07, 6.45) is -4.61. The molecule has 1 fully saturated rings. The first-order valence-electron chi connectivity index (χ1n) is 8.41. The molecule has 0 radical (unpaired) electrons. The monoisotopic (exact) mass is 398 g/mol. The normalized spacial score (nSPS) is 17.3.